The lowest BCUT2D eigenvalue weighted by Gasteiger charge is -2.30. The maximum atomic E-state index is 11.9. The maximum absolute atomic E-state index is 11.9. The first-order valence-electron chi connectivity index (χ1n) is 10.2. The third kappa shape index (κ3) is 8.43. The van der Waals surface area contributed by atoms with Gasteiger partial charge in [-0.05, 0) is 63.4 Å². The summed E-state index contributed by atoms with van der Waals surface area (Å²) in [5.74, 6) is 1.70. The Bertz CT molecular complexity index is 567. The number of aliphatic imine (C=N–C) groups is 1. The Labute approximate surface area is 163 Å². The van der Waals surface area contributed by atoms with Crippen LogP contribution in [0.2, 0.25) is 0 Å². The Morgan fingerprint density at radius 1 is 1.04 bits per heavy atom. The lowest BCUT2D eigenvalue weighted by molar-refractivity contribution is 0.0953. The van der Waals surface area contributed by atoms with E-state index in [0.717, 1.165) is 44.4 Å². The van der Waals surface area contributed by atoms with Crippen molar-refractivity contribution in [2.45, 2.75) is 32.6 Å². The van der Waals surface area contributed by atoms with Gasteiger partial charge in [0.25, 0.3) is 5.91 Å². The minimum Gasteiger partial charge on any atom is -0.356 e. The van der Waals surface area contributed by atoms with Gasteiger partial charge in [-0.15, -0.1) is 0 Å². The van der Waals surface area contributed by atoms with Gasteiger partial charge in [-0.1, -0.05) is 25.1 Å². The quantitative estimate of drug-likeness (QED) is 0.352. The molecule has 1 aromatic carbocycles. The monoisotopic (exact) mass is 373 g/mol. The molecule has 27 heavy (non-hydrogen) atoms. The predicted molar refractivity (Wildman–Crippen MR) is 112 cm³/mol. The van der Waals surface area contributed by atoms with Crippen molar-refractivity contribution in [1.29, 1.82) is 0 Å². The molecule has 0 radical (unpaired) electrons. The van der Waals surface area contributed by atoms with Gasteiger partial charge in [0, 0.05) is 32.2 Å². The van der Waals surface area contributed by atoms with Crippen LogP contribution in [0.25, 0.3) is 0 Å². The molecule has 0 saturated carbocycles. The first-order chi connectivity index (χ1) is 13.2. The Morgan fingerprint density at radius 2 is 1.67 bits per heavy atom. The van der Waals surface area contributed by atoms with Crippen LogP contribution in [0.5, 0.6) is 0 Å². The van der Waals surface area contributed by atoms with E-state index in [4.69, 9.17) is 0 Å². The summed E-state index contributed by atoms with van der Waals surface area (Å²) in [5.41, 5.74) is 0.700. The molecule has 6 heteroatoms. The Balaban J connectivity index is 1.49. The van der Waals surface area contributed by atoms with Crippen LogP contribution in [0.1, 0.15) is 43.0 Å². The second kappa shape index (κ2) is 12.3. The zero-order valence-corrected chi connectivity index (χ0v) is 16.8. The van der Waals surface area contributed by atoms with Crippen molar-refractivity contribution >= 4 is 11.9 Å². The summed E-state index contributed by atoms with van der Waals surface area (Å²) in [4.78, 5) is 18.8. The Hall–Kier alpha value is -2.08. The number of hydrogen-bond acceptors (Lipinski definition) is 3. The fraction of sp³-hybridized carbons (Fsp3) is 0.619. The molecule has 2 rings (SSSR count). The Kier molecular flexibility index (Phi) is 9.69. The SMILES string of the molecule is CN=C(NCCCNC(=O)c1ccccc1)NCCCN1CCC(C)CC1. The number of hydrogen-bond donors (Lipinski definition) is 3. The van der Waals surface area contributed by atoms with Gasteiger partial charge < -0.3 is 20.9 Å². The Morgan fingerprint density at radius 3 is 2.33 bits per heavy atom. The van der Waals surface area contributed by atoms with Gasteiger partial charge in [0.2, 0.25) is 0 Å². The van der Waals surface area contributed by atoms with Crippen LogP contribution in [0, 0.1) is 5.92 Å². The van der Waals surface area contributed by atoms with Gasteiger partial charge in [0.05, 0.1) is 0 Å². The van der Waals surface area contributed by atoms with Crippen molar-refractivity contribution in [3.05, 3.63) is 35.9 Å². The fourth-order valence-electron chi connectivity index (χ4n) is 3.20. The summed E-state index contributed by atoms with van der Waals surface area (Å²) >= 11 is 0. The molecular weight excluding hydrogens is 338 g/mol. The number of carbonyl (C=O) groups is 1. The zero-order chi connectivity index (χ0) is 19.3. The first-order valence-corrected chi connectivity index (χ1v) is 10.2. The van der Waals surface area contributed by atoms with Crippen molar-refractivity contribution in [3.8, 4) is 0 Å². The normalized spacial score (nSPS) is 16.1. The number of benzene rings is 1. The van der Waals surface area contributed by atoms with Crippen LogP contribution in [0.3, 0.4) is 0 Å². The molecule has 1 saturated heterocycles. The molecule has 0 unspecified atom stereocenters. The second-order valence-electron chi connectivity index (χ2n) is 7.28. The van der Waals surface area contributed by atoms with E-state index in [0.29, 0.717) is 12.1 Å². The van der Waals surface area contributed by atoms with E-state index in [-0.39, 0.29) is 5.91 Å². The van der Waals surface area contributed by atoms with Crippen LogP contribution < -0.4 is 16.0 Å². The van der Waals surface area contributed by atoms with E-state index in [9.17, 15) is 4.79 Å². The number of amides is 1. The lowest BCUT2D eigenvalue weighted by atomic mass is 9.99. The molecule has 6 nitrogen and oxygen atoms in total. The average molecular weight is 374 g/mol. The number of guanidine groups is 1. The number of nitrogens with zero attached hydrogens (tertiary/aromatic N) is 2. The van der Waals surface area contributed by atoms with Gasteiger partial charge in [-0.25, -0.2) is 0 Å². The van der Waals surface area contributed by atoms with E-state index < -0.39 is 0 Å². The first kappa shape index (κ1) is 21.2. The highest BCUT2D eigenvalue weighted by Crippen LogP contribution is 2.15. The lowest BCUT2D eigenvalue weighted by Crippen LogP contribution is -2.40. The zero-order valence-electron chi connectivity index (χ0n) is 16.8. The topological polar surface area (TPSA) is 68.8 Å². The van der Waals surface area contributed by atoms with Gasteiger partial charge in [0.15, 0.2) is 5.96 Å². The molecule has 0 aliphatic carbocycles. The smallest absolute Gasteiger partial charge is 0.251 e. The summed E-state index contributed by atoms with van der Waals surface area (Å²) in [7, 11) is 1.79. The van der Waals surface area contributed by atoms with Gasteiger partial charge in [-0.2, -0.15) is 0 Å². The highest BCUT2D eigenvalue weighted by Gasteiger charge is 2.14. The van der Waals surface area contributed by atoms with Crippen molar-refractivity contribution < 1.29 is 4.79 Å². The third-order valence-corrected chi connectivity index (χ3v) is 5.01. The molecule has 1 aliphatic rings. The molecule has 1 amide bonds. The van der Waals surface area contributed by atoms with E-state index in [1.807, 2.05) is 30.3 Å². The number of carbonyl (C=O) groups excluding carboxylic acids is 1. The molecule has 0 spiro atoms. The summed E-state index contributed by atoms with van der Waals surface area (Å²) in [6, 6.07) is 9.30. The summed E-state index contributed by atoms with van der Waals surface area (Å²) in [5, 5.41) is 9.61. The number of rotatable bonds is 9. The van der Waals surface area contributed by atoms with Gasteiger partial charge in [-0.3, -0.25) is 9.79 Å². The van der Waals surface area contributed by atoms with E-state index >= 15 is 0 Å². The highest BCUT2D eigenvalue weighted by molar-refractivity contribution is 5.94. The second-order valence-corrected chi connectivity index (χ2v) is 7.28. The van der Waals surface area contributed by atoms with Gasteiger partial charge >= 0.3 is 0 Å². The van der Waals surface area contributed by atoms with Crippen LogP contribution in [-0.4, -0.2) is 63.1 Å². The molecule has 3 N–H and O–H groups in total. The van der Waals surface area contributed by atoms with E-state index in [2.05, 4.69) is 32.8 Å². The summed E-state index contributed by atoms with van der Waals surface area (Å²) in [6.07, 6.45) is 4.64. The summed E-state index contributed by atoms with van der Waals surface area (Å²) < 4.78 is 0. The standard InChI is InChI=1S/C21H35N5O/c1-18-10-16-26(17-11-18)15-7-14-25-21(22-2)24-13-6-12-23-20(27)19-8-4-3-5-9-19/h3-5,8-9,18H,6-7,10-17H2,1-2H3,(H,23,27)(H2,22,24,25). The average Bonchev–Trinajstić information content (AvgIpc) is 2.71. The van der Waals surface area contributed by atoms with Crippen molar-refractivity contribution in [2.24, 2.45) is 10.9 Å². The predicted octanol–water partition coefficient (Wildman–Crippen LogP) is 2.09. The minimum absolute atomic E-state index is 0.0230. The molecular formula is C21H35N5O. The molecule has 0 bridgehead atoms. The third-order valence-electron chi connectivity index (χ3n) is 5.01. The van der Waals surface area contributed by atoms with Crippen LogP contribution in [-0.2, 0) is 0 Å². The van der Waals surface area contributed by atoms with Crippen LogP contribution >= 0.6 is 0 Å². The number of likely N-dealkylation sites (tertiary alicyclic amines) is 1. The molecule has 1 aromatic rings. The van der Waals surface area contributed by atoms with Crippen LogP contribution in [0.15, 0.2) is 35.3 Å². The molecule has 1 aliphatic heterocycles. The maximum Gasteiger partial charge on any atom is 0.251 e. The molecule has 150 valence electrons. The molecule has 0 aromatic heterocycles. The largest absolute Gasteiger partial charge is 0.356 e. The fourth-order valence-corrected chi connectivity index (χ4v) is 3.20. The van der Waals surface area contributed by atoms with E-state index in [1.54, 1.807) is 7.05 Å². The van der Waals surface area contributed by atoms with Crippen molar-refractivity contribution in [1.82, 2.24) is 20.9 Å². The van der Waals surface area contributed by atoms with Crippen molar-refractivity contribution in [3.63, 3.8) is 0 Å². The van der Waals surface area contributed by atoms with E-state index in [1.165, 1.54) is 25.9 Å². The van der Waals surface area contributed by atoms with Crippen LogP contribution in [0.4, 0.5) is 0 Å². The molecule has 1 heterocycles. The molecule has 1 fully saturated rings. The number of piperidine rings is 1. The summed E-state index contributed by atoms with van der Waals surface area (Å²) in [6.45, 7) is 8.33. The van der Waals surface area contributed by atoms with Gasteiger partial charge in [0.1, 0.15) is 0 Å². The molecule has 0 atom stereocenters. The number of nitrogens with one attached hydrogen (secondary N) is 3. The van der Waals surface area contributed by atoms with Crippen molar-refractivity contribution in [2.75, 3.05) is 46.3 Å². The highest BCUT2D eigenvalue weighted by atomic mass is 16.1. The minimum atomic E-state index is -0.0230.